The first-order chi connectivity index (χ1) is 32.1. The summed E-state index contributed by atoms with van der Waals surface area (Å²) in [4.78, 5) is 63.2. The Balaban J connectivity index is 0.744. The van der Waals surface area contributed by atoms with Gasteiger partial charge in [-0.2, -0.15) is 0 Å². The van der Waals surface area contributed by atoms with Gasteiger partial charge in [-0.05, 0) is 58.6 Å². The number of nitrogens with two attached hydrogens (primary N) is 1. The van der Waals surface area contributed by atoms with Crippen LogP contribution in [0.1, 0.15) is 56.0 Å². The first-order valence-electron chi connectivity index (χ1n) is 22.8. The van der Waals surface area contributed by atoms with E-state index in [1.54, 1.807) is 41.7 Å². The zero-order chi connectivity index (χ0) is 47.4. The second-order valence-electron chi connectivity index (χ2n) is 18.9. The summed E-state index contributed by atoms with van der Waals surface area (Å²) in [7, 11) is 0. The lowest BCUT2D eigenvalue weighted by Crippen LogP contribution is -2.57. The van der Waals surface area contributed by atoms with Crippen molar-refractivity contribution in [3.8, 4) is 33.2 Å². The number of anilines is 1. The number of hydrogen-bond acceptors (Lipinski definition) is 13. The monoisotopic (exact) mass is 929 g/mol. The molecule has 1 aliphatic carbocycles. The van der Waals surface area contributed by atoms with Gasteiger partial charge in [0.2, 0.25) is 23.6 Å². The molecule has 6 atom stereocenters. The predicted molar refractivity (Wildman–Crippen MR) is 254 cm³/mol. The zero-order valence-electron chi connectivity index (χ0n) is 38.3. The number of aromatic hydroxyl groups is 1. The molecule has 17 heteroatoms. The molecule has 2 aliphatic heterocycles. The highest BCUT2D eigenvalue weighted by Crippen LogP contribution is 2.51. The topological polar surface area (TPSA) is 225 Å². The molecule has 8 rings (SSSR count). The van der Waals surface area contributed by atoms with Crippen molar-refractivity contribution in [1.82, 2.24) is 40.9 Å². The Hall–Kier alpha value is -6.43. The maximum absolute atomic E-state index is 14.1. The number of hydrogen-bond donors (Lipinski definition) is 6. The number of likely N-dealkylation sites (tertiary alicyclic amines) is 2. The number of rotatable bonds is 17. The number of phenolic OH excluding ortho intramolecular Hbond substituents is 1. The number of fused-ring (bicyclic) bond motifs is 1. The smallest absolute Gasteiger partial charge is 0.246 e. The Morgan fingerprint density at radius 1 is 0.896 bits per heavy atom. The van der Waals surface area contributed by atoms with E-state index < -0.39 is 29.5 Å². The number of nitrogens with one attached hydrogen (secondary N) is 3. The minimum Gasteiger partial charge on any atom is -0.507 e. The van der Waals surface area contributed by atoms with Crippen LogP contribution >= 0.6 is 11.3 Å². The summed E-state index contributed by atoms with van der Waals surface area (Å²) in [6, 6.07) is 22.6. The van der Waals surface area contributed by atoms with E-state index in [-0.39, 0.29) is 73.0 Å². The highest BCUT2D eigenvalue weighted by Gasteiger charge is 2.59. The second kappa shape index (κ2) is 20.2. The van der Waals surface area contributed by atoms with Crippen molar-refractivity contribution in [1.29, 1.82) is 0 Å². The molecular weight excluding hydrogens is 871 g/mol. The summed E-state index contributed by atoms with van der Waals surface area (Å²) < 4.78 is 5.93. The molecule has 4 amide bonds. The fourth-order valence-electron chi connectivity index (χ4n) is 9.19. The molecule has 2 aromatic heterocycles. The van der Waals surface area contributed by atoms with Crippen LogP contribution in [0.4, 0.5) is 5.82 Å². The Labute approximate surface area is 394 Å². The van der Waals surface area contributed by atoms with Crippen LogP contribution in [0.3, 0.4) is 0 Å². The van der Waals surface area contributed by atoms with Crippen LogP contribution in [0.15, 0.2) is 84.4 Å². The lowest BCUT2D eigenvalue weighted by molar-refractivity contribution is -0.144. The molecule has 16 nitrogen and oxygen atoms in total. The zero-order valence-corrected chi connectivity index (χ0v) is 39.1. The number of ether oxygens (including phenoxy) is 1. The van der Waals surface area contributed by atoms with Crippen LogP contribution in [-0.2, 0) is 38.7 Å². The standard InChI is InChI=1S/C50H59N9O7S/c1-29-44(67-28-54-29)33-15-13-32(14-16-33)23-52-47(63)39-21-34(60)25-59(39)49(65)45(50(2,3)4)55-42(62)17-19-58-26-36-37(27-58)43(36)48(64)53-24-31-11-9-30(10-12-31)18-20-66-41-22-38(56-57-46(41)51)35-7-5-6-8-40(35)61/h5-16,22,28,34,36-37,39,43,45,60-61H,17-21,23-27H2,1-4H3,(H2,51,57)(H,52,63)(H,53,64)(H,55,62)/t34-,36-,37+,39+,43?,45-/m1/s1. The van der Waals surface area contributed by atoms with E-state index in [2.05, 4.69) is 36.0 Å². The van der Waals surface area contributed by atoms with Crippen LogP contribution in [0, 0.1) is 30.1 Å². The number of nitrogen functional groups attached to an aromatic ring is 1. The molecule has 7 N–H and O–H groups in total. The molecule has 67 heavy (non-hydrogen) atoms. The minimum atomic E-state index is -0.907. The van der Waals surface area contributed by atoms with Crippen molar-refractivity contribution in [2.45, 2.75) is 78.2 Å². The molecular formula is C50H59N9O7S. The number of para-hydroxylation sites is 1. The third-order valence-electron chi connectivity index (χ3n) is 13.0. The lowest BCUT2D eigenvalue weighted by atomic mass is 9.85. The van der Waals surface area contributed by atoms with E-state index in [0.29, 0.717) is 43.1 Å². The third-order valence-corrected chi connectivity index (χ3v) is 14.0. The number of aromatic nitrogens is 3. The SMILES string of the molecule is Cc1ncsc1-c1ccc(CNC(=O)[C@@H]2C[C@@H](O)CN2C(=O)[C@@H](NC(=O)CCN2C[C@@H]3C(C(=O)NCc4ccc(CCOc5cc(-c6ccccc6O)nnc5N)cc4)[C@@H]3C2)C(C)(C)C)cc1. The number of thiazole rings is 1. The van der Waals surface area contributed by atoms with Gasteiger partial charge >= 0.3 is 0 Å². The quantitative estimate of drug-likeness (QED) is 0.0760. The van der Waals surface area contributed by atoms with E-state index >= 15 is 0 Å². The van der Waals surface area contributed by atoms with Gasteiger partial charge in [-0.25, -0.2) is 4.98 Å². The van der Waals surface area contributed by atoms with Crippen molar-refractivity contribution < 1.29 is 34.1 Å². The van der Waals surface area contributed by atoms with E-state index in [9.17, 15) is 29.4 Å². The number of β-amino-alcohol motifs (C(OH)–C–C–N with tert-alkyl or cyclic N) is 1. The Morgan fingerprint density at radius 3 is 2.21 bits per heavy atom. The van der Waals surface area contributed by atoms with Gasteiger partial charge in [0.1, 0.15) is 23.5 Å². The van der Waals surface area contributed by atoms with Gasteiger partial charge in [-0.1, -0.05) is 81.4 Å². The van der Waals surface area contributed by atoms with Crippen LogP contribution < -0.4 is 26.4 Å². The highest BCUT2D eigenvalue weighted by atomic mass is 32.1. The van der Waals surface area contributed by atoms with Crippen molar-refractivity contribution in [3.05, 3.63) is 107 Å². The molecule has 0 radical (unpaired) electrons. The largest absolute Gasteiger partial charge is 0.507 e. The first kappa shape index (κ1) is 47.1. The van der Waals surface area contributed by atoms with E-state index in [1.807, 2.05) is 81.7 Å². The van der Waals surface area contributed by atoms with Crippen LogP contribution in [0.5, 0.6) is 11.5 Å². The Kier molecular flexibility index (Phi) is 14.2. The van der Waals surface area contributed by atoms with Gasteiger partial charge in [-0.3, -0.25) is 19.2 Å². The Morgan fingerprint density at radius 2 is 1.55 bits per heavy atom. The molecule has 352 valence electrons. The second-order valence-corrected chi connectivity index (χ2v) is 19.8. The van der Waals surface area contributed by atoms with Gasteiger partial charge in [0.25, 0.3) is 0 Å². The predicted octanol–water partition coefficient (Wildman–Crippen LogP) is 4.48. The number of nitrogens with zero attached hydrogens (tertiary/aromatic N) is 5. The van der Waals surface area contributed by atoms with Gasteiger partial charge in [0.05, 0.1) is 28.8 Å². The third kappa shape index (κ3) is 11.2. The summed E-state index contributed by atoms with van der Waals surface area (Å²) in [5, 5.41) is 37.9. The van der Waals surface area contributed by atoms with Gasteiger partial charge in [0.15, 0.2) is 11.6 Å². The number of phenols is 1. The Bertz CT molecular complexity index is 2570. The molecule has 2 saturated heterocycles. The number of aliphatic hydroxyl groups excluding tert-OH is 1. The highest BCUT2D eigenvalue weighted by molar-refractivity contribution is 7.13. The van der Waals surface area contributed by atoms with Crippen molar-refractivity contribution in [2.75, 3.05) is 38.5 Å². The molecule has 0 bridgehead atoms. The van der Waals surface area contributed by atoms with Gasteiger partial charge in [-0.15, -0.1) is 21.5 Å². The maximum atomic E-state index is 14.1. The summed E-state index contributed by atoms with van der Waals surface area (Å²) in [6.07, 6.45) is 0.0568. The number of aryl methyl sites for hydroxylation is 1. The van der Waals surface area contributed by atoms with Crippen LogP contribution in [-0.4, -0.2) is 110 Å². The molecule has 4 heterocycles. The summed E-state index contributed by atoms with van der Waals surface area (Å²) >= 11 is 1.58. The van der Waals surface area contributed by atoms with E-state index in [4.69, 9.17) is 10.5 Å². The number of aliphatic hydroxyl groups is 1. The molecule has 3 aliphatic rings. The average molecular weight is 930 g/mol. The van der Waals surface area contributed by atoms with Crippen LogP contribution in [0.25, 0.3) is 21.7 Å². The van der Waals surface area contributed by atoms with E-state index in [0.717, 1.165) is 45.9 Å². The lowest BCUT2D eigenvalue weighted by Gasteiger charge is -2.35. The number of carbonyl (C=O) groups excluding carboxylic acids is 4. The summed E-state index contributed by atoms with van der Waals surface area (Å²) in [6.45, 7) is 10.6. The molecule has 1 unspecified atom stereocenters. The summed E-state index contributed by atoms with van der Waals surface area (Å²) in [5.74, 6) is 0.0954. The first-order valence-corrected chi connectivity index (χ1v) is 23.7. The summed E-state index contributed by atoms with van der Waals surface area (Å²) in [5.41, 5.74) is 13.1. The molecule has 0 spiro atoms. The van der Waals surface area contributed by atoms with Crippen LogP contribution in [0.2, 0.25) is 0 Å². The fraction of sp³-hybridized carbons (Fsp3) is 0.420. The van der Waals surface area contributed by atoms with Gasteiger partial charge in [0, 0.05) is 76.1 Å². The number of amides is 4. The minimum absolute atomic E-state index is 0.00436. The average Bonchev–Trinajstić information content (AvgIpc) is 3.64. The normalized spacial score (nSPS) is 20.5. The molecule has 3 fully saturated rings. The fourth-order valence-corrected chi connectivity index (χ4v) is 10.0. The molecule has 1 saturated carbocycles. The van der Waals surface area contributed by atoms with Gasteiger partial charge < -0.3 is 46.4 Å². The number of benzene rings is 3. The van der Waals surface area contributed by atoms with Crippen molar-refractivity contribution in [3.63, 3.8) is 0 Å². The van der Waals surface area contributed by atoms with Crippen molar-refractivity contribution >= 4 is 40.8 Å². The maximum Gasteiger partial charge on any atom is 0.246 e. The number of carbonyl (C=O) groups is 4. The van der Waals surface area contributed by atoms with Crippen molar-refractivity contribution in [2.24, 2.45) is 23.2 Å². The molecule has 5 aromatic rings. The number of piperidine rings is 1. The van der Waals surface area contributed by atoms with E-state index in [1.165, 1.54) is 4.90 Å². The molecule has 3 aromatic carbocycles.